The van der Waals surface area contributed by atoms with Gasteiger partial charge in [-0.05, 0) is 44.4 Å². The van der Waals surface area contributed by atoms with Crippen LogP contribution in [0.15, 0.2) is 0 Å². The number of piperidine rings is 1. The molecule has 2 nitrogen and oxygen atoms in total. The summed E-state index contributed by atoms with van der Waals surface area (Å²) in [5.41, 5.74) is 0. The van der Waals surface area contributed by atoms with Crippen LogP contribution in [0.5, 0.6) is 0 Å². The highest BCUT2D eigenvalue weighted by Gasteiger charge is 2.41. The van der Waals surface area contributed by atoms with Crippen molar-refractivity contribution in [2.75, 3.05) is 6.54 Å². The number of aliphatic hydroxyl groups is 1. The summed E-state index contributed by atoms with van der Waals surface area (Å²) in [4.78, 5) is 2.70. The zero-order chi connectivity index (χ0) is 8.84. The van der Waals surface area contributed by atoms with E-state index in [1.165, 1.54) is 32.2 Å². The molecule has 0 spiro atoms. The fourth-order valence-electron chi connectivity index (χ4n) is 3.14. The van der Waals surface area contributed by atoms with Gasteiger partial charge in [-0.25, -0.2) is 0 Å². The lowest BCUT2D eigenvalue weighted by Crippen LogP contribution is -2.45. The number of hydrogen-bond donors (Lipinski definition) is 1. The Morgan fingerprint density at radius 2 is 1.62 bits per heavy atom. The number of nitrogens with zero attached hydrogens (tertiary/aromatic N) is 1. The van der Waals surface area contributed by atoms with E-state index >= 15 is 0 Å². The van der Waals surface area contributed by atoms with E-state index in [0.29, 0.717) is 0 Å². The minimum absolute atomic E-state index is 0.00736. The third-order valence-electron chi connectivity index (χ3n) is 4.03. The quantitative estimate of drug-likeness (QED) is 0.695. The molecule has 3 fully saturated rings. The normalized spacial score (nSPS) is 45.5. The second kappa shape index (κ2) is 2.96. The molecule has 3 aliphatic rings. The summed E-state index contributed by atoms with van der Waals surface area (Å²) in [6, 6.07) is 1.46. The summed E-state index contributed by atoms with van der Waals surface area (Å²) in [5.74, 6) is 1.01. The van der Waals surface area contributed by atoms with E-state index in [-0.39, 0.29) is 6.10 Å². The van der Waals surface area contributed by atoms with Crippen molar-refractivity contribution < 1.29 is 5.11 Å². The van der Waals surface area contributed by atoms with E-state index in [0.717, 1.165) is 30.8 Å². The molecular formula is C11H19NO. The van der Waals surface area contributed by atoms with Crippen LogP contribution in [0.1, 0.15) is 38.5 Å². The van der Waals surface area contributed by atoms with Gasteiger partial charge < -0.3 is 5.11 Å². The lowest BCUT2D eigenvalue weighted by Gasteiger charge is -2.37. The molecule has 3 rings (SSSR count). The lowest BCUT2D eigenvalue weighted by atomic mass is 9.99. The molecule has 0 amide bonds. The van der Waals surface area contributed by atoms with Crippen molar-refractivity contribution in [2.45, 2.75) is 56.7 Å². The molecule has 2 aliphatic heterocycles. The molecule has 74 valence electrons. The van der Waals surface area contributed by atoms with Crippen molar-refractivity contribution in [2.24, 2.45) is 5.92 Å². The molecule has 1 aliphatic carbocycles. The Morgan fingerprint density at radius 3 is 2.15 bits per heavy atom. The summed E-state index contributed by atoms with van der Waals surface area (Å²) in [7, 11) is 0. The molecule has 0 aromatic heterocycles. The molecule has 0 radical (unpaired) electrons. The van der Waals surface area contributed by atoms with Gasteiger partial charge in [-0.15, -0.1) is 0 Å². The molecule has 2 atom stereocenters. The van der Waals surface area contributed by atoms with Gasteiger partial charge in [-0.3, -0.25) is 4.90 Å². The summed E-state index contributed by atoms with van der Waals surface area (Å²) in [6.45, 7) is 1.34. The van der Waals surface area contributed by atoms with Crippen LogP contribution >= 0.6 is 0 Å². The zero-order valence-corrected chi connectivity index (χ0v) is 8.15. The van der Waals surface area contributed by atoms with Crippen LogP contribution in [0.4, 0.5) is 0 Å². The minimum Gasteiger partial charge on any atom is -0.393 e. The lowest BCUT2D eigenvalue weighted by molar-refractivity contribution is 0.0330. The molecule has 2 heteroatoms. The number of aliphatic hydroxyl groups excluding tert-OH is 1. The predicted molar refractivity (Wildman–Crippen MR) is 51.5 cm³/mol. The Labute approximate surface area is 79.9 Å². The van der Waals surface area contributed by atoms with Gasteiger partial charge in [0.2, 0.25) is 0 Å². The maximum absolute atomic E-state index is 9.63. The molecule has 2 bridgehead atoms. The maximum atomic E-state index is 9.63. The average molecular weight is 181 g/mol. The molecule has 1 saturated carbocycles. The number of fused-ring (bicyclic) bond motifs is 2. The van der Waals surface area contributed by atoms with Crippen molar-refractivity contribution in [3.63, 3.8) is 0 Å². The van der Waals surface area contributed by atoms with Crippen LogP contribution in [0.3, 0.4) is 0 Å². The third kappa shape index (κ3) is 1.50. The highest BCUT2D eigenvalue weighted by Crippen LogP contribution is 2.39. The zero-order valence-electron chi connectivity index (χ0n) is 8.15. The largest absolute Gasteiger partial charge is 0.393 e. The third-order valence-corrected chi connectivity index (χ3v) is 4.03. The fraction of sp³-hybridized carbons (Fsp3) is 1.00. The summed E-state index contributed by atoms with van der Waals surface area (Å²) < 4.78 is 0. The van der Waals surface area contributed by atoms with Crippen LogP contribution < -0.4 is 0 Å². The SMILES string of the molecule is OC1C[C@@H]2CC[C@@H](C1)N2CC1CC1. The van der Waals surface area contributed by atoms with E-state index in [1.807, 2.05) is 0 Å². The second-order valence-electron chi connectivity index (χ2n) is 5.15. The number of rotatable bonds is 2. The topological polar surface area (TPSA) is 23.5 Å². The Balaban J connectivity index is 1.67. The van der Waals surface area contributed by atoms with Gasteiger partial charge in [-0.1, -0.05) is 0 Å². The Hall–Kier alpha value is -0.0800. The monoisotopic (exact) mass is 181 g/mol. The van der Waals surface area contributed by atoms with Crippen molar-refractivity contribution in [3.05, 3.63) is 0 Å². The van der Waals surface area contributed by atoms with E-state index < -0.39 is 0 Å². The van der Waals surface area contributed by atoms with E-state index in [4.69, 9.17) is 0 Å². The molecule has 1 N–H and O–H groups in total. The van der Waals surface area contributed by atoms with Crippen molar-refractivity contribution in [1.82, 2.24) is 4.90 Å². The molecule has 0 aromatic rings. The molecule has 0 unspecified atom stereocenters. The first kappa shape index (κ1) is 8.25. The summed E-state index contributed by atoms with van der Waals surface area (Å²) >= 11 is 0. The van der Waals surface area contributed by atoms with Crippen LogP contribution in [-0.4, -0.2) is 34.7 Å². The van der Waals surface area contributed by atoms with Crippen LogP contribution in [-0.2, 0) is 0 Å². The minimum atomic E-state index is 0.00736. The van der Waals surface area contributed by atoms with E-state index in [1.54, 1.807) is 0 Å². The van der Waals surface area contributed by atoms with Gasteiger partial charge in [0.15, 0.2) is 0 Å². The van der Waals surface area contributed by atoms with Crippen molar-refractivity contribution in [3.8, 4) is 0 Å². The van der Waals surface area contributed by atoms with Gasteiger partial charge in [0.25, 0.3) is 0 Å². The highest BCUT2D eigenvalue weighted by molar-refractivity contribution is 4.96. The fourth-order valence-corrected chi connectivity index (χ4v) is 3.14. The van der Waals surface area contributed by atoms with Crippen LogP contribution in [0.2, 0.25) is 0 Å². The first-order chi connectivity index (χ1) is 6.33. The summed E-state index contributed by atoms with van der Waals surface area (Å²) in [5, 5.41) is 9.63. The predicted octanol–water partition coefficient (Wildman–Crippen LogP) is 1.38. The second-order valence-corrected chi connectivity index (χ2v) is 5.15. The molecule has 0 aromatic carbocycles. The van der Waals surface area contributed by atoms with Gasteiger partial charge >= 0.3 is 0 Å². The van der Waals surface area contributed by atoms with Crippen LogP contribution in [0, 0.1) is 5.92 Å². The molecule has 13 heavy (non-hydrogen) atoms. The van der Waals surface area contributed by atoms with E-state index in [2.05, 4.69) is 4.90 Å². The molecule has 2 saturated heterocycles. The highest BCUT2D eigenvalue weighted by atomic mass is 16.3. The van der Waals surface area contributed by atoms with E-state index in [9.17, 15) is 5.11 Å². The smallest absolute Gasteiger partial charge is 0.0570 e. The van der Waals surface area contributed by atoms with Gasteiger partial charge in [-0.2, -0.15) is 0 Å². The van der Waals surface area contributed by atoms with Gasteiger partial charge in [0.1, 0.15) is 0 Å². The molecular weight excluding hydrogens is 162 g/mol. The first-order valence-electron chi connectivity index (χ1n) is 5.77. The average Bonchev–Trinajstić information content (AvgIpc) is 2.83. The Kier molecular flexibility index (Phi) is 1.88. The van der Waals surface area contributed by atoms with Crippen LogP contribution in [0.25, 0.3) is 0 Å². The van der Waals surface area contributed by atoms with Crippen molar-refractivity contribution >= 4 is 0 Å². The van der Waals surface area contributed by atoms with Gasteiger partial charge in [0.05, 0.1) is 6.10 Å². The standard InChI is InChI=1S/C11H19NO/c13-11-5-9-3-4-10(6-11)12(9)7-8-1-2-8/h8-11,13H,1-7H2/t9-,10-/m0/s1. The Bertz CT molecular complexity index is 188. The van der Waals surface area contributed by atoms with Crippen molar-refractivity contribution in [1.29, 1.82) is 0 Å². The molecule has 2 heterocycles. The first-order valence-corrected chi connectivity index (χ1v) is 5.77. The van der Waals surface area contributed by atoms with Gasteiger partial charge in [0, 0.05) is 18.6 Å². The maximum Gasteiger partial charge on any atom is 0.0570 e. The number of hydrogen-bond acceptors (Lipinski definition) is 2. The Morgan fingerprint density at radius 1 is 1.00 bits per heavy atom. The summed E-state index contributed by atoms with van der Waals surface area (Å²) in [6.07, 6.45) is 7.69.